The van der Waals surface area contributed by atoms with Gasteiger partial charge in [-0.25, -0.2) is 0 Å². The SMILES string of the molecule is CC1C(=O)NC(=O)CN1C(=O)CCCN. The first-order valence-corrected chi connectivity index (χ1v) is 4.89. The van der Waals surface area contributed by atoms with Crippen LogP contribution < -0.4 is 11.1 Å². The third-order valence-electron chi connectivity index (χ3n) is 2.34. The smallest absolute Gasteiger partial charge is 0.249 e. The normalized spacial score (nSPS) is 21.5. The standard InChI is InChI=1S/C9H15N3O3/c1-6-9(15)11-7(13)5-12(6)8(14)3-2-4-10/h6H,2-5,10H2,1H3,(H,11,13,15). The predicted octanol–water partition coefficient (Wildman–Crippen LogP) is -1.40. The summed E-state index contributed by atoms with van der Waals surface area (Å²) in [6, 6.07) is -0.576. The van der Waals surface area contributed by atoms with Gasteiger partial charge < -0.3 is 10.6 Å². The van der Waals surface area contributed by atoms with E-state index in [1.165, 1.54) is 4.90 Å². The number of piperazine rings is 1. The van der Waals surface area contributed by atoms with E-state index in [1.54, 1.807) is 6.92 Å². The molecule has 1 aliphatic rings. The summed E-state index contributed by atoms with van der Waals surface area (Å²) in [5, 5.41) is 2.17. The van der Waals surface area contributed by atoms with Gasteiger partial charge in [0.2, 0.25) is 17.7 Å². The highest BCUT2D eigenvalue weighted by Crippen LogP contribution is 2.07. The Hall–Kier alpha value is -1.43. The zero-order chi connectivity index (χ0) is 11.4. The molecule has 1 fully saturated rings. The second-order valence-corrected chi connectivity index (χ2v) is 3.50. The first kappa shape index (κ1) is 11.6. The number of imide groups is 1. The molecule has 84 valence electrons. The summed E-state index contributed by atoms with van der Waals surface area (Å²) < 4.78 is 0. The Morgan fingerprint density at radius 1 is 1.60 bits per heavy atom. The van der Waals surface area contributed by atoms with E-state index in [0.29, 0.717) is 13.0 Å². The molecule has 0 bridgehead atoms. The molecular weight excluding hydrogens is 198 g/mol. The Labute approximate surface area is 87.8 Å². The molecule has 6 heteroatoms. The lowest BCUT2D eigenvalue weighted by Gasteiger charge is -2.31. The van der Waals surface area contributed by atoms with Crippen molar-refractivity contribution in [2.24, 2.45) is 5.73 Å². The average Bonchev–Trinajstić information content (AvgIpc) is 2.19. The van der Waals surface area contributed by atoms with E-state index >= 15 is 0 Å². The van der Waals surface area contributed by atoms with Crippen LogP contribution in [0.15, 0.2) is 0 Å². The molecule has 1 heterocycles. The van der Waals surface area contributed by atoms with Crippen molar-refractivity contribution in [3.8, 4) is 0 Å². The molecule has 15 heavy (non-hydrogen) atoms. The van der Waals surface area contributed by atoms with E-state index in [0.717, 1.165) is 0 Å². The molecule has 1 atom stereocenters. The fraction of sp³-hybridized carbons (Fsp3) is 0.667. The van der Waals surface area contributed by atoms with E-state index in [1.807, 2.05) is 0 Å². The van der Waals surface area contributed by atoms with Crippen LogP contribution in [0.2, 0.25) is 0 Å². The van der Waals surface area contributed by atoms with Gasteiger partial charge in [0, 0.05) is 6.42 Å². The number of hydrogen-bond donors (Lipinski definition) is 2. The zero-order valence-electron chi connectivity index (χ0n) is 8.66. The van der Waals surface area contributed by atoms with Gasteiger partial charge in [0.1, 0.15) is 12.6 Å². The molecule has 0 saturated carbocycles. The number of hydrogen-bond acceptors (Lipinski definition) is 4. The maximum absolute atomic E-state index is 11.6. The summed E-state index contributed by atoms with van der Waals surface area (Å²) >= 11 is 0. The fourth-order valence-corrected chi connectivity index (χ4v) is 1.42. The fourth-order valence-electron chi connectivity index (χ4n) is 1.42. The van der Waals surface area contributed by atoms with Gasteiger partial charge in [-0.1, -0.05) is 0 Å². The highest BCUT2D eigenvalue weighted by atomic mass is 16.2. The molecule has 0 aromatic heterocycles. The predicted molar refractivity (Wildman–Crippen MR) is 52.6 cm³/mol. The lowest BCUT2D eigenvalue weighted by Crippen LogP contribution is -2.58. The van der Waals surface area contributed by atoms with Crippen molar-refractivity contribution >= 4 is 17.7 Å². The Balaban J connectivity index is 2.62. The van der Waals surface area contributed by atoms with Gasteiger partial charge in [0.15, 0.2) is 0 Å². The molecule has 1 aliphatic heterocycles. The third kappa shape index (κ3) is 2.76. The first-order valence-electron chi connectivity index (χ1n) is 4.89. The van der Waals surface area contributed by atoms with Crippen molar-refractivity contribution in [2.45, 2.75) is 25.8 Å². The lowest BCUT2D eigenvalue weighted by molar-refractivity contribution is -0.149. The largest absolute Gasteiger partial charge is 0.330 e. The van der Waals surface area contributed by atoms with Crippen LogP contribution in [0.3, 0.4) is 0 Å². The van der Waals surface area contributed by atoms with Crippen LogP contribution in [0.4, 0.5) is 0 Å². The number of nitrogens with one attached hydrogen (secondary N) is 1. The molecule has 0 aliphatic carbocycles. The third-order valence-corrected chi connectivity index (χ3v) is 2.34. The van der Waals surface area contributed by atoms with Crippen molar-refractivity contribution in [1.29, 1.82) is 0 Å². The highest BCUT2D eigenvalue weighted by molar-refractivity contribution is 6.04. The minimum Gasteiger partial charge on any atom is -0.330 e. The molecule has 0 spiro atoms. The van der Waals surface area contributed by atoms with E-state index in [9.17, 15) is 14.4 Å². The second kappa shape index (κ2) is 4.88. The topological polar surface area (TPSA) is 92.5 Å². The Bertz CT molecular complexity index is 290. The zero-order valence-corrected chi connectivity index (χ0v) is 8.66. The maximum Gasteiger partial charge on any atom is 0.249 e. The minimum atomic E-state index is -0.576. The summed E-state index contributed by atoms with van der Waals surface area (Å²) in [5.74, 6) is -1.05. The van der Waals surface area contributed by atoms with E-state index in [2.05, 4.69) is 5.32 Å². The molecule has 0 aromatic rings. The van der Waals surface area contributed by atoms with Crippen LogP contribution in [0.5, 0.6) is 0 Å². The van der Waals surface area contributed by atoms with Crippen LogP contribution >= 0.6 is 0 Å². The van der Waals surface area contributed by atoms with E-state index in [4.69, 9.17) is 5.73 Å². The number of nitrogens with two attached hydrogens (primary N) is 1. The molecule has 0 radical (unpaired) electrons. The van der Waals surface area contributed by atoms with Gasteiger partial charge in [-0.3, -0.25) is 19.7 Å². The summed E-state index contributed by atoms with van der Waals surface area (Å²) in [4.78, 5) is 35.2. The van der Waals surface area contributed by atoms with Crippen LogP contribution in [0.25, 0.3) is 0 Å². The van der Waals surface area contributed by atoms with E-state index < -0.39 is 17.9 Å². The quantitative estimate of drug-likeness (QED) is 0.564. The molecular formula is C9H15N3O3. The van der Waals surface area contributed by atoms with Gasteiger partial charge in [0.05, 0.1) is 0 Å². The number of amides is 3. The van der Waals surface area contributed by atoms with Crippen LogP contribution in [0.1, 0.15) is 19.8 Å². The second-order valence-electron chi connectivity index (χ2n) is 3.50. The average molecular weight is 213 g/mol. The van der Waals surface area contributed by atoms with Crippen LogP contribution in [0, 0.1) is 0 Å². The molecule has 6 nitrogen and oxygen atoms in total. The lowest BCUT2D eigenvalue weighted by atomic mass is 10.1. The van der Waals surface area contributed by atoms with Gasteiger partial charge in [-0.05, 0) is 19.9 Å². The molecule has 3 N–H and O–H groups in total. The highest BCUT2D eigenvalue weighted by Gasteiger charge is 2.32. The van der Waals surface area contributed by atoms with Gasteiger partial charge >= 0.3 is 0 Å². The Morgan fingerprint density at radius 3 is 2.87 bits per heavy atom. The number of carbonyl (C=O) groups is 3. The molecule has 3 amide bonds. The number of carbonyl (C=O) groups excluding carboxylic acids is 3. The van der Waals surface area contributed by atoms with E-state index in [-0.39, 0.29) is 18.9 Å². The van der Waals surface area contributed by atoms with Gasteiger partial charge in [0.25, 0.3) is 0 Å². The van der Waals surface area contributed by atoms with Gasteiger partial charge in [-0.2, -0.15) is 0 Å². The van der Waals surface area contributed by atoms with Crippen molar-refractivity contribution in [2.75, 3.05) is 13.1 Å². The van der Waals surface area contributed by atoms with Crippen LogP contribution in [-0.2, 0) is 14.4 Å². The van der Waals surface area contributed by atoms with Crippen molar-refractivity contribution in [3.05, 3.63) is 0 Å². The molecule has 0 aromatic carbocycles. The van der Waals surface area contributed by atoms with Crippen molar-refractivity contribution < 1.29 is 14.4 Å². The molecule has 1 rings (SSSR count). The maximum atomic E-state index is 11.6. The van der Waals surface area contributed by atoms with Crippen molar-refractivity contribution in [3.63, 3.8) is 0 Å². The van der Waals surface area contributed by atoms with Gasteiger partial charge in [-0.15, -0.1) is 0 Å². The minimum absolute atomic E-state index is 0.0453. The molecule has 1 unspecified atom stereocenters. The Morgan fingerprint density at radius 2 is 2.27 bits per heavy atom. The summed E-state index contributed by atoms with van der Waals surface area (Å²) in [5.41, 5.74) is 5.28. The molecule has 1 saturated heterocycles. The number of nitrogens with zero attached hydrogens (tertiary/aromatic N) is 1. The summed E-state index contributed by atoms with van der Waals surface area (Å²) in [7, 11) is 0. The van der Waals surface area contributed by atoms with Crippen molar-refractivity contribution in [1.82, 2.24) is 10.2 Å². The summed E-state index contributed by atoms with van der Waals surface area (Å²) in [6.07, 6.45) is 0.846. The monoisotopic (exact) mass is 213 g/mol. The Kier molecular flexibility index (Phi) is 3.79. The van der Waals surface area contributed by atoms with Crippen LogP contribution in [-0.4, -0.2) is 41.8 Å². The summed E-state index contributed by atoms with van der Waals surface area (Å²) in [6.45, 7) is 1.98. The first-order chi connectivity index (χ1) is 7.06. The number of rotatable bonds is 3.